The van der Waals surface area contributed by atoms with Crippen molar-refractivity contribution in [3.05, 3.63) is 59.4 Å². The van der Waals surface area contributed by atoms with E-state index in [0.717, 1.165) is 11.1 Å². The summed E-state index contributed by atoms with van der Waals surface area (Å²) in [5.41, 5.74) is 2.44. The number of hydrogen-bond acceptors (Lipinski definition) is 4. The average Bonchev–Trinajstić information content (AvgIpc) is 2.65. The molecule has 0 saturated heterocycles. The molecule has 0 spiro atoms. The zero-order valence-corrected chi connectivity index (χ0v) is 20.0. The smallest absolute Gasteiger partial charge is 0.518 e. The van der Waals surface area contributed by atoms with Gasteiger partial charge in [-0.15, -0.1) is 0 Å². The first-order valence-electron chi connectivity index (χ1n) is 9.38. The number of benzene rings is 1. The van der Waals surface area contributed by atoms with Crippen LogP contribution in [0, 0.1) is 0 Å². The second-order valence-electron chi connectivity index (χ2n) is 7.51. The van der Waals surface area contributed by atoms with Crippen molar-refractivity contribution in [3.8, 4) is 5.75 Å². The van der Waals surface area contributed by atoms with Crippen LogP contribution in [0.15, 0.2) is 42.7 Å². The zero-order chi connectivity index (χ0) is 20.8. The number of aromatic nitrogens is 1. The Bertz CT molecular complexity index is 824. The molecular formula is C22H29IN2O4. The van der Waals surface area contributed by atoms with Crippen LogP contribution < -0.4 is 33.3 Å². The summed E-state index contributed by atoms with van der Waals surface area (Å²) < 4.78 is 12.5. The van der Waals surface area contributed by atoms with Crippen molar-refractivity contribution in [1.82, 2.24) is 4.90 Å². The molecule has 0 unspecified atom stereocenters. The van der Waals surface area contributed by atoms with Crippen LogP contribution in [-0.2, 0) is 11.5 Å². The molecule has 0 N–H and O–H groups in total. The molecule has 1 amide bonds. The van der Waals surface area contributed by atoms with Crippen molar-refractivity contribution in [2.24, 2.45) is 0 Å². The maximum atomic E-state index is 12.3. The first-order chi connectivity index (χ1) is 13.2. The largest absolute Gasteiger partial charge is 1.00 e. The fraction of sp³-hybridized carbons (Fsp3) is 0.409. The first-order valence-corrected chi connectivity index (χ1v) is 9.38. The van der Waals surface area contributed by atoms with Gasteiger partial charge < -0.3 is 38.4 Å². The summed E-state index contributed by atoms with van der Waals surface area (Å²) in [4.78, 5) is 25.9. The highest BCUT2D eigenvalue weighted by molar-refractivity contribution is 5.93. The standard InChI is InChI=1S/C22H29N2O4.HI/c1-15(2)18-10-7-11-19(16(3)4)20(18)28-22(26)27-14-24-12-8-9-17(13-24)21(25)23(5)6;/h7-13,15-16H,14H2,1-6H3;1H/q+1;/p-1. The molecule has 2 rings (SSSR count). The summed E-state index contributed by atoms with van der Waals surface area (Å²) in [6.45, 7) is 8.18. The van der Waals surface area contributed by atoms with Gasteiger partial charge in [-0.2, -0.15) is 4.57 Å². The Labute approximate surface area is 189 Å². The van der Waals surface area contributed by atoms with Gasteiger partial charge in [0.2, 0.25) is 0 Å². The molecule has 1 heterocycles. The molecule has 0 aliphatic carbocycles. The van der Waals surface area contributed by atoms with Crippen LogP contribution in [0.2, 0.25) is 0 Å². The Morgan fingerprint density at radius 3 is 2.10 bits per heavy atom. The molecule has 0 atom stereocenters. The van der Waals surface area contributed by atoms with Crippen LogP contribution in [0.4, 0.5) is 4.79 Å². The van der Waals surface area contributed by atoms with Gasteiger partial charge in [-0.3, -0.25) is 4.79 Å². The van der Waals surface area contributed by atoms with Gasteiger partial charge in [0.1, 0.15) is 11.3 Å². The predicted molar refractivity (Wildman–Crippen MR) is 106 cm³/mol. The molecule has 2 aromatic rings. The maximum Gasteiger partial charge on any atom is 0.518 e. The Morgan fingerprint density at radius 2 is 1.59 bits per heavy atom. The van der Waals surface area contributed by atoms with Crippen LogP contribution in [0.25, 0.3) is 0 Å². The average molecular weight is 512 g/mol. The highest BCUT2D eigenvalue weighted by Crippen LogP contribution is 2.34. The van der Waals surface area contributed by atoms with Gasteiger partial charge in [-0.05, 0) is 29.0 Å². The lowest BCUT2D eigenvalue weighted by Crippen LogP contribution is -3.00. The van der Waals surface area contributed by atoms with E-state index in [4.69, 9.17) is 9.47 Å². The molecule has 6 nitrogen and oxygen atoms in total. The number of carbonyl (C=O) groups is 2. The number of rotatable bonds is 6. The number of para-hydroxylation sites is 1. The lowest BCUT2D eigenvalue weighted by molar-refractivity contribution is -0.727. The van der Waals surface area contributed by atoms with Crippen molar-refractivity contribution < 1.29 is 47.6 Å². The lowest BCUT2D eigenvalue weighted by atomic mass is 9.94. The minimum absolute atomic E-state index is 0. The molecule has 0 aliphatic rings. The topological polar surface area (TPSA) is 59.7 Å². The van der Waals surface area contributed by atoms with E-state index in [-0.39, 0.29) is 48.5 Å². The summed E-state index contributed by atoms with van der Waals surface area (Å²) in [5.74, 6) is 0.873. The van der Waals surface area contributed by atoms with Gasteiger partial charge >= 0.3 is 6.16 Å². The third kappa shape index (κ3) is 6.69. The van der Waals surface area contributed by atoms with Crippen molar-refractivity contribution in [2.75, 3.05) is 14.1 Å². The number of carbonyl (C=O) groups excluding carboxylic acids is 2. The van der Waals surface area contributed by atoms with Crippen molar-refractivity contribution in [1.29, 1.82) is 0 Å². The van der Waals surface area contributed by atoms with Gasteiger partial charge in [-0.25, -0.2) is 4.79 Å². The predicted octanol–water partition coefficient (Wildman–Crippen LogP) is 1.10. The van der Waals surface area contributed by atoms with Gasteiger partial charge in [0, 0.05) is 20.2 Å². The van der Waals surface area contributed by atoms with Crippen molar-refractivity contribution in [3.63, 3.8) is 0 Å². The normalized spacial score (nSPS) is 10.5. The van der Waals surface area contributed by atoms with E-state index in [1.807, 2.05) is 18.2 Å². The monoisotopic (exact) mass is 512 g/mol. The van der Waals surface area contributed by atoms with E-state index in [0.29, 0.717) is 11.3 Å². The molecular weight excluding hydrogens is 483 g/mol. The number of nitrogens with zero attached hydrogens (tertiary/aromatic N) is 2. The molecule has 0 bridgehead atoms. The maximum absolute atomic E-state index is 12.3. The van der Waals surface area contributed by atoms with E-state index in [9.17, 15) is 9.59 Å². The third-order valence-electron chi connectivity index (χ3n) is 4.35. The minimum Gasteiger partial charge on any atom is -1.00 e. The van der Waals surface area contributed by atoms with E-state index in [1.165, 1.54) is 4.90 Å². The minimum atomic E-state index is -0.771. The van der Waals surface area contributed by atoms with E-state index >= 15 is 0 Å². The highest BCUT2D eigenvalue weighted by atomic mass is 127. The lowest BCUT2D eigenvalue weighted by Gasteiger charge is -2.18. The van der Waals surface area contributed by atoms with Crippen LogP contribution >= 0.6 is 0 Å². The molecule has 0 fully saturated rings. The molecule has 1 aromatic heterocycles. The highest BCUT2D eigenvalue weighted by Gasteiger charge is 2.20. The third-order valence-corrected chi connectivity index (χ3v) is 4.35. The molecule has 7 heteroatoms. The number of amides is 1. The van der Waals surface area contributed by atoms with E-state index < -0.39 is 6.16 Å². The summed E-state index contributed by atoms with van der Waals surface area (Å²) in [6.07, 6.45) is 2.59. The number of ether oxygens (including phenoxy) is 2. The van der Waals surface area contributed by atoms with Gasteiger partial charge in [0.15, 0.2) is 12.4 Å². The van der Waals surface area contributed by atoms with E-state index in [1.54, 1.807) is 43.2 Å². The molecule has 1 aromatic carbocycles. The van der Waals surface area contributed by atoms with Gasteiger partial charge in [0.05, 0.1) is 0 Å². The summed E-state index contributed by atoms with van der Waals surface area (Å²) in [7, 11) is 3.37. The fourth-order valence-corrected chi connectivity index (χ4v) is 2.83. The van der Waals surface area contributed by atoms with Crippen LogP contribution in [0.1, 0.15) is 61.0 Å². The van der Waals surface area contributed by atoms with Crippen molar-refractivity contribution in [2.45, 2.75) is 46.3 Å². The van der Waals surface area contributed by atoms with E-state index in [2.05, 4.69) is 27.7 Å². The van der Waals surface area contributed by atoms with Gasteiger partial charge in [0.25, 0.3) is 12.6 Å². The second-order valence-corrected chi connectivity index (χ2v) is 7.51. The number of hydrogen-bond donors (Lipinski definition) is 0. The SMILES string of the molecule is CC(C)c1cccc(C(C)C)c1OC(=O)OC[n+]1cccc(C(=O)N(C)C)c1.[I-]. The molecule has 0 aliphatic heterocycles. The Hall–Kier alpha value is -2.16. The van der Waals surface area contributed by atoms with Crippen LogP contribution in [-0.4, -0.2) is 31.1 Å². The Kier molecular flexibility index (Phi) is 9.55. The van der Waals surface area contributed by atoms with Gasteiger partial charge in [-0.1, -0.05) is 45.9 Å². The number of pyridine rings is 1. The summed E-state index contributed by atoms with van der Waals surface area (Å²) >= 11 is 0. The van der Waals surface area contributed by atoms with Crippen LogP contribution in [0.5, 0.6) is 5.75 Å². The quantitative estimate of drug-likeness (QED) is 0.252. The first kappa shape index (κ1) is 24.9. The Balaban J connectivity index is 0.00000420. The Morgan fingerprint density at radius 1 is 1.00 bits per heavy atom. The fourth-order valence-electron chi connectivity index (χ4n) is 2.83. The van der Waals surface area contributed by atoms with Crippen LogP contribution in [0.3, 0.4) is 0 Å². The molecule has 0 radical (unpaired) electrons. The molecule has 158 valence electrons. The summed E-state index contributed by atoms with van der Waals surface area (Å²) in [5, 5.41) is 0. The number of halogens is 1. The van der Waals surface area contributed by atoms with Crippen molar-refractivity contribution >= 4 is 12.1 Å². The zero-order valence-electron chi connectivity index (χ0n) is 17.8. The molecule has 0 saturated carbocycles. The second kappa shape index (κ2) is 11.1. The molecule has 29 heavy (non-hydrogen) atoms. The summed E-state index contributed by atoms with van der Waals surface area (Å²) in [6, 6.07) is 9.35.